The molecule has 0 spiro atoms. The molecule has 3 amide bonds. The van der Waals surface area contributed by atoms with E-state index in [1.54, 1.807) is 0 Å². The summed E-state index contributed by atoms with van der Waals surface area (Å²) < 4.78 is 0. The minimum atomic E-state index is -1.06. The number of carbonyl (C=O) groups excluding carboxylic acids is 3. The molecular weight excluding hydrogens is 348 g/mol. The zero-order valence-corrected chi connectivity index (χ0v) is 15.0. The van der Waals surface area contributed by atoms with Crippen LogP contribution in [0.3, 0.4) is 0 Å². The Labute approximate surface area is 156 Å². The van der Waals surface area contributed by atoms with Crippen LogP contribution in [0.25, 0.3) is 0 Å². The smallest absolute Gasteiger partial charge is 0.323 e. The van der Waals surface area contributed by atoms with Gasteiger partial charge in [-0.05, 0) is 43.9 Å². The normalized spacial score (nSPS) is 19.9. The minimum absolute atomic E-state index is 0.0575. The summed E-state index contributed by atoms with van der Waals surface area (Å²) in [6.45, 7) is -0.359. The molecule has 1 aromatic rings. The van der Waals surface area contributed by atoms with E-state index < -0.39 is 11.9 Å². The van der Waals surface area contributed by atoms with E-state index in [-0.39, 0.29) is 41.6 Å². The maximum absolute atomic E-state index is 12.9. The van der Waals surface area contributed by atoms with Crippen molar-refractivity contribution in [2.45, 2.75) is 57.0 Å². The molecule has 1 N–H and O–H groups in total. The number of aliphatic carboxylic acids is 1. The van der Waals surface area contributed by atoms with Crippen molar-refractivity contribution in [2.24, 2.45) is 0 Å². The third-order valence-corrected chi connectivity index (χ3v) is 5.66. The summed E-state index contributed by atoms with van der Waals surface area (Å²) in [5, 5.41) is 9.07. The summed E-state index contributed by atoms with van der Waals surface area (Å²) in [5.41, 5.74) is 0.842. The maximum atomic E-state index is 12.9. The molecule has 7 heteroatoms. The molecule has 0 atom stereocenters. The van der Waals surface area contributed by atoms with Crippen LogP contribution in [-0.4, -0.2) is 57.2 Å². The second kappa shape index (κ2) is 6.79. The van der Waals surface area contributed by atoms with Crippen LogP contribution in [0.1, 0.15) is 76.0 Å². The third-order valence-electron chi connectivity index (χ3n) is 5.66. The monoisotopic (exact) mass is 370 g/mol. The number of hydrogen-bond donors (Lipinski definition) is 1. The predicted molar refractivity (Wildman–Crippen MR) is 95.5 cm³/mol. The summed E-state index contributed by atoms with van der Waals surface area (Å²) >= 11 is 0. The van der Waals surface area contributed by atoms with Crippen molar-refractivity contribution in [1.82, 2.24) is 9.80 Å². The molecule has 2 saturated carbocycles. The van der Waals surface area contributed by atoms with Gasteiger partial charge in [-0.1, -0.05) is 19.3 Å². The topological polar surface area (TPSA) is 95.0 Å². The first-order valence-corrected chi connectivity index (χ1v) is 9.52. The molecule has 0 unspecified atom stereocenters. The second-order valence-electron chi connectivity index (χ2n) is 7.59. The quantitative estimate of drug-likeness (QED) is 0.803. The summed E-state index contributed by atoms with van der Waals surface area (Å²) in [6, 6.07) is 4.38. The van der Waals surface area contributed by atoms with Gasteiger partial charge in [-0.15, -0.1) is 0 Å². The molecule has 1 aliphatic heterocycles. The number of carbonyl (C=O) groups is 4. The number of imide groups is 1. The molecule has 0 radical (unpaired) electrons. The van der Waals surface area contributed by atoms with Crippen molar-refractivity contribution in [1.29, 1.82) is 0 Å². The Balaban J connectivity index is 1.60. The zero-order chi connectivity index (χ0) is 19.1. The SMILES string of the molecule is O=C(O)CN(C(=O)c1ccc2c(c1)C(=O)N(C1CCCCC1)C2=O)C1CC1. The first-order chi connectivity index (χ1) is 13.0. The Kier molecular flexibility index (Phi) is 4.45. The largest absolute Gasteiger partial charge is 0.480 e. The van der Waals surface area contributed by atoms with E-state index in [0.29, 0.717) is 5.56 Å². The van der Waals surface area contributed by atoms with Gasteiger partial charge in [-0.2, -0.15) is 0 Å². The predicted octanol–water partition coefficient (Wildman–Crippen LogP) is 2.30. The fraction of sp³-hybridized carbons (Fsp3) is 0.500. The Morgan fingerprint density at radius 2 is 1.67 bits per heavy atom. The molecule has 27 heavy (non-hydrogen) atoms. The van der Waals surface area contributed by atoms with Gasteiger partial charge in [0, 0.05) is 17.6 Å². The molecule has 2 fully saturated rings. The van der Waals surface area contributed by atoms with Gasteiger partial charge in [0.05, 0.1) is 11.1 Å². The second-order valence-corrected chi connectivity index (χ2v) is 7.59. The van der Waals surface area contributed by atoms with E-state index in [1.807, 2.05) is 0 Å². The number of rotatable bonds is 5. The van der Waals surface area contributed by atoms with Crippen LogP contribution < -0.4 is 0 Å². The van der Waals surface area contributed by atoms with Crippen LogP contribution in [0.4, 0.5) is 0 Å². The molecule has 1 aromatic carbocycles. The summed E-state index contributed by atoms with van der Waals surface area (Å²) in [6.07, 6.45) is 6.36. The highest BCUT2D eigenvalue weighted by molar-refractivity contribution is 6.22. The first-order valence-electron chi connectivity index (χ1n) is 9.52. The zero-order valence-electron chi connectivity index (χ0n) is 15.0. The van der Waals surface area contributed by atoms with E-state index >= 15 is 0 Å². The van der Waals surface area contributed by atoms with Crippen LogP contribution in [-0.2, 0) is 4.79 Å². The lowest BCUT2D eigenvalue weighted by molar-refractivity contribution is -0.137. The molecule has 7 nitrogen and oxygen atoms in total. The Morgan fingerprint density at radius 1 is 1.00 bits per heavy atom. The maximum Gasteiger partial charge on any atom is 0.323 e. The highest BCUT2D eigenvalue weighted by atomic mass is 16.4. The minimum Gasteiger partial charge on any atom is -0.480 e. The third kappa shape index (κ3) is 3.22. The van der Waals surface area contributed by atoms with Crippen LogP contribution in [0.2, 0.25) is 0 Å². The molecule has 4 rings (SSSR count). The van der Waals surface area contributed by atoms with Gasteiger partial charge in [0.1, 0.15) is 6.54 Å². The Hall–Kier alpha value is -2.70. The van der Waals surface area contributed by atoms with Gasteiger partial charge in [-0.3, -0.25) is 24.1 Å². The van der Waals surface area contributed by atoms with E-state index in [4.69, 9.17) is 5.11 Å². The van der Waals surface area contributed by atoms with Crippen molar-refractivity contribution >= 4 is 23.7 Å². The van der Waals surface area contributed by atoms with Gasteiger partial charge >= 0.3 is 5.97 Å². The standard InChI is InChI=1S/C20H22N2O5/c23-17(24)11-21(13-7-8-13)18(25)12-6-9-15-16(10-12)20(27)22(19(15)26)14-4-2-1-3-5-14/h6,9-10,13-14H,1-5,7-8,11H2,(H,23,24). The number of hydrogen-bond acceptors (Lipinski definition) is 4. The van der Waals surface area contributed by atoms with E-state index in [1.165, 1.54) is 28.0 Å². The van der Waals surface area contributed by atoms with Crippen molar-refractivity contribution in [3.8, 4) is 0 Å². The summed E-state index contributed by atoms with van der Waals surface area (Å²) in [5.74, 6) is -2.09. The summed E-state index contributed by atoms with van der Waals surface area (Å²) in [4.78, 5) is 52.1. The highest BCUT2D eigenvalue weighted by Gasteiger charge is 2.41. The number of fused-ring (bicyclic) bond motifs is 1. The summed E-state index contributed by atoms with van der Waals surface area (Å²) in [7, 11) is 0. The molecule has 0 saturated heterocycles. The average Bonchev–Trinajstić information content (AvgIpc) is 3.47. The van der Waals surface area contributed by atoms with E-state index in [2.05, 4.69) is 0 Å². The number of amides is 3. The van der Waals surface area contributed by atoms with Crippen molar-refractivity contribution in [3.63, 3.8) is 0 Å². The van der Waals surface area contributed by atoms with Crippen molar-refractivity contribution in [3.05, 3.63) is 34.9 Å². The van der Waals surface area contributed by atoms with Gasteiger partial charge < -0.3 is 10.0 Å². The number of nitrogens with zero attached hydrogens (tertiary/aromatic N) is 2. The number of carboxylic acids is 1. The Morgan fingerprint density at radius 3 is 2.30 bits per heavy atom. The lowest BCUT2D eigenvalue weighted by atomic mass is 9.94. The fourth-order valence-corrected chi connectivity index (χ4v) is 4.13. The van der Waals surface area contributed by atoms with Gasteiger partial charge in [0.25, 0.3) is 17.7 Å². The lowest BCUT2D eigenvalue weighted by Crippen LogP contribution is -2.40. The molecular formula is C20H22N2O5. The van der Waals surface area contributed by atoms with Crippen LogP contribution in [0.15, 0.2) is 18.2 Å². The van der Waals surface area contributed by atoms with E-state index in [0.717, 1.165) is 44.9 Å². The van der Waals surface area contributed by atoms with Crippen molar-refractivity contribution < 1.29 is 24.3 Å². The van der Waals surface area contributed by atoms with Crippen LogP contribution in [0, 0.1) is 0 Å². The molecule has 142 valence electrons. The van der Waals surface area contributed by atoms with E-state index in [9.17, 15) is 19.2 Å². The Bertz CT molecular complexity index is 824. The lowest BCUT2D eigenvalue weighted by Gasteiger charge is -2.29. The molecule has 0 aromatic heterocycles. The first kappa shape index (κ1) is 17.7. The van der Waals surface area contributed by atoms with Gasteiger partial charge in [0.2, 0.25) is 0 Å². The van der Waals surface area contributed by atoms with Crippen molar-refractivity contribution in [2.75, 3.05) is 6.54 Å². The van der Waals surface area contributed by atoms with Gasteiger partial charge in [0.15, 0.2) is 0 Å². The van der Waals surface area contributed by atoms with Gasteiger partial charge in [-0.25, -0.2) is 0 Å². The highest BCUT2D eigenvalue weighted by Crippen LogP contribution is 2.33. The number of benzene rings is 1. The average molecular weight is 370 g/mol. The van der Waals surface area contributed by atoms with Crippen LogP contribution >= 0.6 is 0 Å². The molecule has 1 heterocycles. The van der Waals surface area contributed by atoms with Crippen LogP contribution in [0.5, 0.6) is 0 Å². The fourth-order valence-electron chi connectivity index (χ4n) is 4.13. The molecule has 2 aliphatic carbocycles. The number of carboxylic acid groups (broad SMARTS) is 1. The molecule has 0 bridgehead atoms. The molecule has 3 aliphatic rings.